The number of amides is 5. The summed E-state index contributed by atoms with van der Waals surface area (Å²) >= 11 is 0. The summed E-state index contributed by atoms with van der Waals surface area (Å²) in [6, 6.07) is -7.69. The number of hydrogen-bond donors (Lipinski definition) is 4. The molecule has 1 saturated heterocycles. The normalized spacial score (nSPS) is 30.1. The van der Waals surface area contributed by atoms with E-state index >= 15 is 4.79 Å². The lowest BCUT2D eigenvalue weighted by atomic mass is 9.83. The van der Waals surface area contributed by atoms with Crippen LogP contribution in [-0.2, 0) is 29.0 Å². The first-order valence-electron chi connectivity index (χ1n) is 22.7. The number of rotatable bonds is 13. The highest BCUT2D eigenvalue weighted by molar-refractivity contribution is 7.92. The average molecular weight is 719 g/mol. The van der Waals surface area contributed by atoms with E-state index in [1.54, 1.807) is 13.8 Å². The molecule has 1 aliphatic heterocycles. The summed E-state index contributed by atoms with van der Waals surface area (Å²) < 4.78 is 118. The molecule has 0 aromatic heterocycles. The molecule has 12 nitrogen and oxygen atoms in total. The molecule has 1 heterocycles. The number of carbonyl (C=O) groups excluding carboxylic acids is 5. The molecule has 5 amide bonds. The SMILES string of the molecule is [2H]C([2H])(C)CC[C@H](NC(=O)[C@@H]1[C@@H]2[C@H](CN1C(=O)[C@@H](NC(=O)NC1(CS(=O)(=O)C(C)(C)C)CCCCC1)C(C([2H])([2H])[2H])(C([2H])([2H])[2H])C([2H])([2H])[2H])C2(C)C)C(=O)C(=O)NC1CC1. The van der Waals surface area contributed by atoms with E-state index in [-0.39, 0.29) is 38.3 Å². The Morgan fingerprint density at radius 1 is 1.00 bits per heavy atom. The number of sulfone groups is 1. The van der Waals surface area contributed by atoms with E-state index < -0.39 is 123 Å². The summed E-state index contributed by atoms with van der Waals surface area (Å²) in [5.74, 6) is -6.37. The van der Waals surface area contributed by atoms with Crippen molar-refractivity contribution < 1.29 is 47.5 Å². The Bertz CT molecular complexity index is 1760. The molecular formula is C36H61N5O7S. The minimum Gasteiger partial charge on any atom is -0.347 e. The second-order valence-electron chi connectivity index (χ2n) is 16.0. The van der Waals surface area contributed by atoms with Crippen LogP contribution in [0.1, 0.15) is 141 Å². The third-order valence-electron chi connectivity index (χ3n) is 10.8. The first-order valence-corrected chi connectivity index (χ1v) is 18.9. The number of carbonyl (C=O) groups is 5. The Morgan fingerprint density at radius 2 is 1.63 bits per heavy atom. The number of Topliss-reactive ketones (excluding diaryl/α,β-unsaturated/α-hetero) is 1. The maximum atomic E-state index is 15.1. The number of ketones is 1. The van der Waals surface area contributed by atoms with Crippen LogP contribution in [-0.4, -0.2) is 89.6 Å². The molecule has 0 aromatic rings. The zero-order chi connectivity index (χ0) is 46.0. The lowest BCUT2D eigenvalue weighted by Crippen LogP contribution is -2.64. The van der Waals surface area contributed by atoms with Crippen molar-refractivity contribution in [2.24, 2.45) is 22.7 Å². The van der Waals surface area contributed by atoms with E-state index in [4.69, 9.17) is 15.1 Å². The highest BCUT2D eigenvalue weighted by Crippen LogP contribution is 2.65. The van der Waals surface area contributed by atoms with Crippen molar-refractivity contribution in [1.29, 1.82) is 0 Å². The van der Waals surface area contributed by atoms with Crippen LogP contribution in [0.3, 0.4) is 0 Å². The van der Waals surface area contributed by atoms with Gasteiger partial charge in [-0.1, -0.05) is 73.4 Å². The molecule has 4 rings (SSSR count). The fraction of sp³-hybridized carbons (Fsp3) is 0.861. The summed E-state index contributed by atoms with van der Waals surface area (Å²) in [4.78, 5) is 70.8. The summed E-state index contributed by atoms with van der Waals surface area (Å²) in [6.45, 7) is -3.14. The van der Waals surface area contributed by atoms with E-state index in [1.165, 1.54) is 27.7 Å². The summed E-state index contributed by atoms with van der Waals surface area (Å²) in [5, 5.41) is 9.71. The van der Waals surface area contributed by atoms with Crippen LogP contribution in [0.15, 0.2) is 0 Å². The van der Waals surface area contributed by atoms with Crippen molar-refractivity contribution in [1.82, 2.24) is 26.2 Å². The minimum atomic E-state index is -4.01. The third kappa shape index (κ3) is 8.79. The third-order valence-corrected chi connectivity index (χ3v) is 13.6. The van der Waals surface area contributed by atoms with Gasteiger partial charge in [-0.3, -0.25) is 19.2 Å². The number of likely N-dealkylation sites (tertiary alicyclic amines) is 1. The lowest BCUT2D eigenvalue weighted by Gasteiger charge is -2.41. The molecule has 5 atom stereocenters. The number of hydrogen-bond acceptors (Lipinski definition) is 7. The lowest BCUT2D eigenvalue weighted by molar-refractivity contribution is -0.145. The second kappa shape index (κ2) is 14.1. The molecule has 3 aliphatic carbocycles. The topological polar surface area (TPSA) is 171 Å². The minimum absolute atomic E-state index is 0.141. The van der Waals surface area contributed by atoms with Crippen molar-refractivity contribution in [3.8, 4) is 0 Å². The largest absolute Gasteiger partial charge is 0.347 e. The Hall–Kier alpha value is -2.70. The number of fused-ring (bicyclic) bond motifs is 1. The van der Waals surface area contributed by atoms with Crippen LogP contribution in [0, 0.1) is 22.7 Å². The van der Waals surface area contributed by atoms with Crippen LogP contribution in [0.4, 0.5) is 4.79 Å². The zero-order valence-corrected chi connectivity index (χ0v) is 30.3. The van der Waals surface area contributed by atoms with Gasteiger partial charge in [0.15, 0.2) is 9.84 Å². The summed E-state index contributed by atoms with van der Waals surface area (Å²) in [5.41, 5.74) is -6.11. The molecule has 0 radical (unpaired) electrons. The summed E-state index contributed by atoms with van der Waals surface area (Å²) in [7, 11) is -3.93. The van der Waals surface area contributed by atoms with E-state index in [0.717, 1.165) is 4.90 Å². The monoisotopic (exact) mass is 718 g/mol. The van der Waals surface area contributed by atoms with Gasteiger partial charge in [-0.2, -0.15) is 0 Å². The van der Waals surface area contributed by atoms with Crippen molar-refractivity contribution in [2.75, 3.05) is 12.3 Å². The Morgan fingerprint density at radius 3 is 2.18 bits per heavy atom. The first-order chi connectivity index (χ1) is 26.9. The predicted octanol–water partition coefficient (Wildman–Crippen LogP) is 3.62. The fourth-order valence-corrected chi connectivity index (χ4v) is 8.83. The summed E-state index contributed by atoms with van der Waals surface area (Å²) in [6.07, 6.45) is 0.772. The average Bonchev–Trinajstić information content (AvgIpc) is 3.90. The van der Waals surface area contributed by atoms with Crippen molar-refractivity contribution in [2.45, 2.75) is 161 Å². The Labute approximate surface area is 308 Å². The van der Waals surface area contributed by atoms with Gasteiger partial charge < -0.3 is 26.2 Å². The van der Waals surface area contributed by atoms with Gasteiger partial charge in [-0.15, -0.1) is 0 Å². The van der Waals surface area contributed by atoms with Crippen LogP contribution in [0.25, 0.3) is 0 Å². The van der Waals surface area contributed by atoms with Crippen molar-refractivity contribution in [3.63, 3.8) is 0 Å². The maximum absolute atomic E-state index is 15.1. The van der Waals surface area contributed by atoms with Crippen molar-refractivity contribution in [3.05, 3.63) is 0 Å². The van der Waals surface area contributed by atoms with Gasteiger partial charge in [0.1, 0.15) is 12.1 Å². The Kier molecular flexibility index (Phi) is 7.54. The standard InChI is InChI=1S/C36H61N5O7S/c1-10-11-15-24(27(42)30(44)37-22-16-17-22)38-29(43)26-25-23(35(25,8)9)20-41(26)31(45)28(33(2,3)4)39-32(46)40-36(18-13-12-14-19-36)21-49(47,48)34(5,6)7/h22-26,28H,10-21H2,1-9H3,(H,37,44)(H,38,43)(H2,39,40,46)/t23-,24-,25-,26-,28+/m0/s1/i2D3,3D3,4D3,10D2. The number of urea groups is 1. The van der Waals surface area contributed by atoms with E-state index in [1.807, 2.05) is 0 Å². The van der Waals surface area contributed by atoms with Crippen molar-refractivity contribution >= 4 is 39.4 Å². The molecule has 49 heavy (non-hydrogen) atoms. The van der Waals surface area contributed by atoms with Gasteiger partial charge in [-0.25, -0.2) is 13.2 Å². The highest BCUT2D eigenvalue weighted by atomic mass is 32.2. The molecule has 13 heteroatoms. The van der Waals surface area contributed by atoms with E-state index in [0.29, 0.717) is 32.1 Å². The van der Waals surface area contributed by atoms with Gasteiger partial charge in [0.2, 0.25) is 17.6 Å². The molecule has 4 fully saturated rings. The van der Waals surface area contributed by atoms with Gasteiger partial charge in [0, 0.05) is 27.7 Å². The van der Waals surface area contributed by atoms with Crippen LogP contribution in [0.5, 0.6) is 0 Å². The molecule has 0 bridgehead atoms. The fourth-order valence-electron chi connectivity index (χ4n) is 7.31. The highest BCUT2D eigenvalue weighted by Gasteiger charge is 2.70. The maximum Gasteiger partial charge on any atom is 0.315 e. The molecule has 4 aliphatic rings. The predicted molar refractivity (Wildman–Crippen MR) is 188 cm³/mol. The molecule has 278 valence electrons. The van der Waals surface area contributed by atoms with Crippen LogP contribution in [0.2, 0.25) is 0 Å². The zero-order valence-electron chi connectivity index (χ0n) is 40.5. The second-order valence-corrected chi connectivity index (χ2v) is 18.7. The van der Waals surface area contributed by atoms with E-state index in [9.17, 15) is 27.6 Å². The smallest absolute Gasteiger partial charge is 0.315 e. The van der Waals surface area contributed by atoms with Crippen LogP contribution < -0.4 is 21.3 Å². The molecule has 0 spiro atoms. The van der Waals surface area contributed by atoms with Crippen LogP contribution >= 0.6 is 0 Å². The van der Waals surface area contributed by atoms with Gasteiger partial charge in [0.25, 0.3) is 5.91 Å². The molecule has 0 aromatic carbocycles. The van der Waals surface area contributed by atoms with Gasteiger partial charge in [0.05, 0.1) is 22.1 Å². The number of piperidine rings is 1. The first kappa shape index (κ1) is 26.1. The van der Waals surface area contributed by atoms with Gasteiger partial charge in [-0.05, 0) is 75.5 Å². The number of nitrogens with one attached hydrogen (secondary N) is 4. The molecular weight excluding hydrogens is 646 g/mol. The molecule has 3 saturated carbocycles. The van der Waals surface area contributed by atoms with E-state index in [2.05, 4.69) is 21.3 Å². The quantitative estimate of drug-likeness (QED) is 0.211. The molecule has 0 unspecified atom stereocenters. The Balaban J connectivity index is 1.81. The number of nitrogens with zero attached hydrogens (tertiary/aromatic N) is 1. The molecule has 4 N–H and O–H groups in total. The van der Waals surface area contributed by atoms with Gasteiger partial charge >= 0.3 is 6.03 Å².